The van der Waals surface area contributed by atoms with Crippen molar-refractivity contribution in [1.82, 2.24) is 9.97 Å². The Morgan fingerprint density at radius 1 is 1.56 bits per heavy atom. The van der Waals surface area contributed by atoms with Gasteiger partial charge in [-0.05, 0) is 27.4 Å². The molecule has 9 heteroatoms. The monoisotopic (exact) mass is 348 g/mol. The number of halogens is 2. The van der Waals surface area contributed by atoms with Crippen molar-refractivity contribution < 1.29 is 4.92 Å². The molecule has 18 heavy (non-hydrogen) atoms. The third-order valence-corrected chi connectivity index (χ3v) is 4.27. The van der Waals surface area contributed by atoms with E-state index in [1.54, 1.807) is 0 Å². The Hall–Kier alpha value is -1.25. The van der Waals surface area contributed by atoms with Gasteiger partial charge < -0.3 is 5.32 Å². The molecule has 0 aliphatic rings. The molecule has 0 aliphatic heterocycles. The predicted molar refractivity (Wildman–Crippen MR) is 73.0 cm³/mol. The molecule has 0 aromatic carbocycles. The first kappa shape index (κ1) is 13.2. The van der Waals surface area contributed by atoms with Crippen molar-refractivity contribution in [3.8, 4) is 0 Å². The number of anilines is 1. The van der Waals surface area contributed by atoms with Gasteiger partial charge in [-0.3, -0.25) is 10.1 Å². The Kier molecular flexibility index (Phi) is 4.10. The highest BCUT2D eigenvalue weighted by Crippen LogP contribution is 2.30. The fourth-order valence-corrected chi connectivity index (χ4v) is 2.90. The molecule has 94 valence electrons. The van der Waals surface area contributed by atoms with Gasteiger partial charge in [0.1, 0.15) is 6.33 Å². The van der Waals surface area contributed by atoms with Crippen LogP contribution >= 0.6 is 38.9 Å². The van der Waals surface area contributed by atoms with Crippen LogP contribution in [0.4, 0.5) is 11.5 Å². The third-order valence-electron chi connectivity index (χ3n) is 2.07. The molecule has 2 aromatic rings. The van der Waals surface area contributed by atoms with Crippen molar-refractivity contribution in [1.29, 1.82) is 0 Å². The molecule has 0 radical (unpaired) electrons. The predicted octanol–water partition coefficient (Wildman–Crippen LogP) is 3.47. The highest BCUT2D eigenvalue weighted by atomic mass is 79.9. The van der Waals surface area contributed by atoms with Gasteiger partial charge in [0, 0.05) is 9.35 Å². The summed E-state index contributed by atoms with van der Waals surface area (Å²) in [6, 6.07) is 1.91. The van der Waals surface area contributed by atoms with E-state index in [0.29, 0.717) is 6.54 Å². The minimum Gasteiger partial charge on any atom is -0.359 e. The van der Waals surface area contributed by atoms with E-state index in [1.165, 1.54) is 17.7 Å². The number of aromatic nitrogens is 2. The van der Waals surface area contributed by atoms with Crippen LogP contribution in [0, 0.1) is 10.1 Å². The molecule has 0 bridgehead atoms. The molecule has 0 saturated carbocycles. The summed E-state index contributed by atoms with van der Waals surface area (Å²) in [5.41, 5.74) is -0.313. The summed E-state index contributed by atoms with van der Waals surface area (Å²) in [6.45, 7) is 0.423. The van der Waals surface area contributed by atoms with Crippen LogP contribution in [0.3, 0.4) is 0 Å². The Labute approximate surface area is 119 Å². The Balaban J connectivity index is 2.22. The van der Waals surface area contributed by atoms with E-state index in [1.807, 2.05) is 11.4 Å². The molecule has 0 spiro atoms. The summed E-state index contributed by atoms with van der Waals surface area (Å²) < 4.78 is 0.947. The van der Waals surface area contributed by atoms with Crippen molar-refractivity contribution in [2.75, 3.05) is 5.32 Å². The molecule has 1 N–H and O–H groups in total. The minimum atomic E-state index is -0.603. The van der Waals surface area contributed by atoms with Crippen LogP contribution in [0.15, 0.2) is 22.2 Å². The molecule has 0 unspecified atom stereocenters. The zero-order valence-corrected chi connectivity index (χ0v) is 11.9. The van der Waals surface area contributed by atoms with Gasteiger partial charge >= 0.3 is 5.69 Å². The highest BCUT2D eigenvalue weighted by Gasteiger charge is 2.21. The lowest BCUT2D eigenvalue weighted by Gasteiger charge is -2.05. The Morgan fingerprint density at radius 2 is 2.33 bits per heavy atom. The quantitative estimate of drug-likeness (QED) is 0.519. The first-order valence-electron chi connectivity index (χ1n) is 4.70. The lowest BCUT2D eigenvalue weighted by molar-refractivity contribution is -0.384. The topological polar surface area (TPSA) is 81.0 Å². The molecular weight excluding hydrogens is 344 g/mol. The maximum Gasteiger partial charge on any atom is 0.348 e. The zero-order valence-electron chi connectivity index (χ0n) is 8.76. The van der Waals surface area contributed by atoms with Crippen LogP contribution < -0.4 is 5.32 Å². The standard InChI is InChI=1S/C9H6BrClN4O2S/c10-5-1-2-18-6(5)3-12-9-7(15(16)17)8(11)13-4-14-9/h1-2,4H,3H2,(H,12,13,14). The van der Waals surface area contributed by atoms with E-state index in [9.17, 15) is 10.1 Å². The second kappa shape index (κ2) is 5.59. The molecule has 0 aliphatic carbocycles. The molecule has 0 saturated heterocycles. The number of hydrogen-bond donors (Lipinski definition) is 1. The fourth-order valence-electron chi connectivity index (χ4n) is 1.26. The van der Waals surface area contributed by atoms with Crippen LogP contribution in [0.1, 0.15) is 4.88 Å². The summed E-state index contributed by atoms with van der Waals surface area (Å²) in [4.78, 5) is 18.7. The van der Waals surface area contributed by atoms with Gasteiger partial charge in [0.25, 0.3) is 0 Å². The lowest BCUT2D eigenvalue weighted by Crippen LogP contribution is -2.05. The molecule has 0 atom stereocenters. The average molecular weight is 350 g/mol. The van der Waals surface area contributed by atoms with Crippen LogP contribution in [-0.4, -0.2) is 14.9 Å². The van der Waals surface area contributed by atoms with Crippen molar-refractivity contribution in [3.63, 3.8) is 0 Å². The van der Waals surface area contributed by atoms with Crippen LogP contribution in [0.25, 0.3) is 0 Å². The van der Waals surface area contributed by atoms with E-state index >= 15 is 0 Å². The van der Waals surface area contributed by atoms with Crippen molar-refractivity contribution >= 4 is 50.4 Å². The summed E-state index contributed by atoms with van der Waals surface area (Å²) in [6.07, 6.45) is 1.18. The zero-order chi connectivity index (χ0) is 13.1. The van der Waals surface area contributed by atoms with Crippen LogP contribution in [0.2, 0.25) is 5.15 Å². The number of nitrogens with zero attached hydrogens (tertiary/aromatic N) is 3. The van der Waals surface area contributed by atoms with Gasteiger partial charge in [-0.1, -0.05) is 11.6 Å². The van der Waals surface area contributed by atoms with E-state index < -0.39 is 4.92 Å². The number of thiophene rings is 1. The SMILES string of the molecule is O=[N+]([O-])c1c(Cl)ncnc1NCc1sccc1Br. The molecule has 2 aromatic heterocycles. The maximum atomic E-state index is 10.9. The fraction of sp³-hybridized carbons (Fsp3) is 0.111. The van der Waals surface area contributed by atoms with Crippen LogP contribution in [-0.2, 0) is 6.54 Å². The van der Waals surface area contributed by atoms with Crippen molar-refractivity contribution in [3.05, 3.63) is 42.4 Å². The number of nitrogens with one attached hydrogen (secondary N) is 1. The highest BCUT2D eigenvalue weighted by molar-refractivity contribution is 9.10. The third kappa shape index (κ3) is 2.77. The maximum absolute atomic E-state index is 10.9. The van der Waals surface area contributed by atoms with E-state index in [2.05, 4.69) is 31.2 Å². The lowest BCUT2D eigenvalue weighted by atomic mass is 10.4. The van der Waals surface area contributed by atoms with E-state index in [0.717, 1.165) is 9.35 Å². The second-order valence-corrected chi connectivity index (χ2v) is 5.38. The Bertz CT molecular complexity index is 592. The molecule has 6 nitrogen and oxygen atoms in total. The number of hydrogen-bond acceptors (Lipinski definition) is 6. The summed E-state index contributed by atoms with van der Waals surface area (Å²) >= 11 is 10.6. The molecule has 0 amide bonds. The Morgan fingerprint density at radius 3 is 2.94 bits per heavy atom. The summed E-state index contributed by atoms with van der Waals surface area (Å²) in [5, 5.41) is 15.5. The first-order chi connectivity index (χ1) is 8.59. The largest absolute Gasteiger partial charge is 0.359 e. The van der Waals surface area contributed by atoms with E-state index in [4.69, 9.17) is 11.6 Å². The molecule has 0 fully saturated rings. The van der Waals surface area contributed by atoms with Gasteiger partial charge in [-0.2, -0.15) is 0 Å². The normalized spacial score (nSPS) is 10.3. The van der Waals surface area contributed by atoms with Gasteiger partial charge in [-0.25, -0.2) is 9.97 Å². The van der Waals surface area contributed by atoms with Crippen molar-refractivity contribution in [2.24, 2.45) is 0 Å². The molecular formula is C9H6BrClN4O2S. The van der Waals surface area contributed by atoms with Gasteiger partial charge in [0.2, 0.25) is 11.0 Å². The van der Waals surface area contributed by atoms with Gasteiger partial charge in [-0.15, -0.1) is 11.3 Å². The van der Waals surface area contributed by atoms with Crippen molar-refractivity contribution in [2.45, 2.75) is 6.54 Å². The smallest absolute Gasteiger partial charge is 0.348 e. The number of nitro groups is 1. The molecule has 2 heterocycles. The van der Waals surface area contributed by atoms with Gasteiger partial charge in [0.05, 0.1) is 11.5 Å². The average Bonchev–Trinajstić information content (AvgIpc) is 2.71. The second-order valence-electron chi connectivity index (χ2n) is 3.16. The van der Waals surface area contributed by atoms with Crippen LogP contribution in [0.5, 0.6) is 0 Å². The van der Waals surface area contributed by atoms with Gasteiger partial charge in [0.15, 0.2) is 0 Å². The first-order valence-corrected chi connectivity index (χ1v) is 6.75. The summed E-state index contributed by atoms with van der Waals surface area (Å²) in [7, 11) is 0. The van der Waals surface area contributed by atoms with E-state index in [-0.39, 0.29) is 16.7 Å². The summed E-state index contributed by atoms with van der Waals surface area (Å²) in [5.74, 6) is 0.111. The number of rotatable bonds is 4. The molecule has 2 rings (SSSR count). The minimum absolute atomic E-state index is 0.111.